The van der Waals surface area contributed by atoms with Crippen molar-refractivity contribution in [3.8, 4) is 0 Å². The Balaban J connectivity index is 1.92. The lowest BCUT2D eigenvalue weighted by molar-refractivity contribution is -0.116. The molecule has 0 aliphatic carbocycles. The van der Waals surface area contributed by atoms with Crippen LogP contribution in [0.5, 0.6) is 0 Å². The van der Waals surface area contributed by atoms with Crippen LogP contribution in [0.2, 0.25) is 0 Å². The first kappa shape index (κ1) is 14.7. The summed E-state index contributed by atoms with van der Waals surface area (Å²) in [6.07, 6.45) is 2.00. The van der Waals surface area contributed by atoms with Gasteiger partial charge in [0.05, 0.1) is 5.69 Å². The number of nitrogens with one attached hydrogen (secondary N) is 1. The Kier molecular flexibility index (Phi) is 4.62. The van der Waals surface area contributed by atoms with Gasteiger partial charge in [-0.3, -0.25) is 9.59 Å². The number of rotatable bonds is 6. The number of anilines is 1. The molecule has 0 aliphatic rings. The highest BCUT2D eigenvalue weighted by molar-refractivity contribution is 5.94. The van der Waals surface area contributed by atoms with Crippen LogP contribution in [0.25, 0.3) is 0 Å². The van der Waals surface area contributed by atoms with Gasteiger partial charge in [0, 0.05) is 30.5 Å². The standard InChI is InChI=1S/C13H15N5O3/c14-13(21)9-1-3-10(4-2-9)15-12(20)8-18-7-11(5-6-19)16-17-18/h1-4,7,19H,5-6,8H2,(H2,14,21)(H,15,20). The fourth-order valence-electron chi connectivity index (χ4n) is 1.71. The van der Waals surface area contributed by atoms with Gasteiger partial charge in [-0.15, -0.1) is 5.10 Å². The average molecular weight is 289 g/mol. The van der Waals surface area contributed by atoms with Crippen molar-refractivity contribution in [2.75, 3.05) is 11.9 Å². The van der Waals surface area contributed by atoms with E-state index in [1.165, 1.54) is 16.8 Å². The summed E-state index contributed by atoms with van der Waals surface area (Å²) < 4.78 is 1.39. The fraction of sp³-hybridized carbons (Fsp3) is 0.231. The lowest BCUT2D eigenvalue weighted by atomic mass is 10.2. The van der Waals surface area contributed by atoms with E-state index < -0.39 is 5.91 Å². The first-order valence-electron chi connectivity index (χ1n) is 6.28. The van der Waals surface area contributed by atoms with Crippen LogP contribution >= 0.6 is 0 Å². The number of aliphatic hydroxyl groups excluding tert-OH is 1. The predicted octanol–water partition coefficient (Wildman–Crippen LogP) is -0.450. The molecule has 0 atom stereocenters. The molecule has 1 aromatic carbocycles. The maximum absolute atomic E-state index is 11.8. The molecule has 2 rings (SSSR count). The maximum atomic E-state index is 11.8. The van der Waals surface area contributed by atoms with E-state index in [9.17, 15) is 9.59 Å². The zero-order chi connectivity index (χ0) is 15.2. The molecule has 0 saturated heterocycles. The van der Waals surface area contributed by atoms with Crippen LogP contribution in [0.3, 0.4) is 0 Å². The number of hydrogen-bond acceptors (Lipinski definition) is 5. The summed E-state index contributed by atoms with van der Waals surface area (Å²) in [6.45, 7) is -0.00684. The third kappa shape index (κ3) is 4.11. The number of carbonyl (C=O) groups is 2. The van der Waals surface area contributed by atoms with Crippen molar-refractivity contribution in [3.05, 3.63) is 41.7 Å². The zero-order valence-corrected chi connectivity index (χ0v) is 11.2. The van der Waals surface area contributed by atoms with Gasteiger partial charge in [-0.05, 0) is 24.3 Å². The number of aromatic nitrogens is 3. The fourth-order valence-corrected chi connectivity index (χ4v) is 1.71. The van der Waals surface area contributed by atoms with Crippen LogP contribution < -0.4 is 11.1 Å². The summed E-state index contributed by atoms with van der Waals surface area (Å²) >= 11 is 0. The summed E-state index contributed by atoms with van der Waals surface area (Å²) in [4.78, 5) is 22.8. The third-order valence-corrected chi connectivity index (χ3v) is 2.71. The molecule has 8 heteroatoms. The Bertz CT molecular complexity index is 636. The highest BCUT2D eigenvalue weighted by atomic mass is 16.3. The molecule has 1 heterocycles. The van der Waals surface area contributed by atoms with Crippen LogP contribution in [-0.2, 0) is 17.8 Å². The number of primary amides is 1. The van der Waals surface area contributed by atoms with Gasteiger partial charge in [0.1, 0.15) is 6.54 Å². The summed E-state index contributed by atoms with van der Waals surface area (Å²) in [5, 5.41) is 19.1. The predicted molar refractivity (Wildman–Crippen MR) is 74.4 cm³/mol. The van der Waals surface area contributed by atoms with E-state index in [4.69, 9.17) is 10.8 Å². The summed E-state index contributed by atoms with van der Waals surface area (Å²) in [7, 11) is 0. The van der Waals surface area contributed by atoms with E-state index >= 15 is 0 Å². The van der Waals surface area contributed by atoms with Crippen LogP contribution in [0.15, 0.2) is 30.5 Å². The number of carbonyl (C=O) groups excluding carboxylic acids is 2. The maximum Gasteiger partial charge on any atom is 0.248 e. The molecular formula is C13H15N5O3. The summed E-state index contributed by atoms with van der Waals surface area (Å²) in [5.74, 6) is -0.797. The van der Waals surface area contributed by atoms with Crippen molar-refractivity contribution in [2.24, 2.45) is 5.73 Å². The van der Waals surface area contributed by atoms with E-state index in [2.05, 4.69) is 15.6 Å². The molecule has 0 radical (unpaired) electrons. The average Bonchev–Trinajstić information content (AvgIpc) is 2.87. The minimum absolute atomic E-state index is 0.00992. The molecule has 21 heavy (non-hydrogen) atoms. The Morgan fingerprint density at radius 2 is 2.00 bits per heavy atom. The number of nitrogens with two attached hydrogens (primary N) is 1. The van der Waals surface area contributed by atoms with Crippen molar-refractivity contribution in [1.29, 1.82) is 0 Å². The molecule has 0 fully saturated rings. The lowest BCUT2D eigenvalue weighted by Crippen LogP contribution is -2.19. The second kappa shape index (κ2) is 6.62. The van der Waals surface area contributed by atoms with Crippen molar-refractivity contribution in [1.82, 2.24) is 15.0 Å². The Hall–Kier alpha value is -2.74. The Labute approximate surface area is 120 Å². The molecule has 8 nitrogen and oxygen atoms in total. The Morgan fingerprint density at radius 3 is 2.62 bits per heavy atom. The van der Waals surface area contributed by atoms with E-state index in [1.807, 2.05) is 0 Å². The molecule has 1 aromatic heterocycles. The second-order valence-corrected chi connectivity index (χ2v) is 4.37. The van der Waals surface area contributed by atoms with E-state index in [-0.39, 0.29) is 19.1 Å². The minimum atomic E-state index is -0.521. The highest BCUT2D eigenvalue weighted by Crippen LogP contribution is 2.09. The third-order valence-electron chi connectivity index (χ3n) is 2.71. The second-order valence-electron chi connectivity index (χ2n) is 4.37. The molecule has 110 valence electrons. The number of benzene rings is 1. The first-order chi connectivity index (χ1) is 10.1. The van der Waals surface area contributed by atoms with Gasteiger partial charge >= 0.3 is 0 Å². The smallest absolute Gasteiger partial charge is 0.248 e. The molecular weight excluding hydrogens is 274 g/mol. The van der Waals surface area contributed by atoms with Gasteiger partial charge in [0.25, 0.3) is 0 Å². The zero-order valence-electron chi connectivity index (χ0n) is 11.2. The quantitative estimate of drug-likeness (QED) is 0.664. The number of nitrogens with zero attached hydrogens (tertiary/aromatic N) is 3. The van der Waals surface area contributed by atoms with Crippen molar-refractivity contribution < 1.29 is 14.7 Å². The minimum Gasteiger partial charge on any atom is -0.396 e. The number of amides is 2. The first-order valence-corrected chi connectivity index (χ1v) is 6.28. The monoisotopic (exact) mass is 289 g/mol. The van der Waals surface area contributed by atoms with Crippen LogP contribution in [0, 0.1) is 0 Å². The molecule has 4 N–H and O–H groups in total. The van der Waals surface area contributed by atoms with Gasteiger partial charge in [0.2, 0.25) is 11.8 Å². The van der Waals surface area contributed by atoms with Crippen LogP contribution in [-0.4, -0.2) is 38.5 Å². The number of aliphatic hydroxyl groups is 1. The van der Waals surface area contributed by atoms with E-state index in [0.717, 1.165) is 0 Å². The lowest BCUT2D eigenvalue weighted by Gasteiger charge is -2.05. The van der Waals surface area contributed by atoms with Gasteiger partial charge in [-0.25, -0.2) is 4.68 Å². The molecule has 0 aliphatic heterocycles. The van der Waals surface area contributed by atoms with Gasteiger partial charge in [0.15, 0.2) is 0 Å². The summed E-state index contributed by atoms with van der Waals surface area (Å²) in [5.41, 5.74) is 6.68. The van der Waals surface area contributed by atoms with E-state index in [1.54, 1.807) is 18.3 Å². The summed E-state index contributed by atoms with van der Waals surface area (Å²) in [6, 6.07) is 6.26. The molecule has 0 unspecified atom stereocenters. The van der Waals surface area contributed by atoms with Crippen LogP contribution in [0.1, 0.15) is 16.1 Å². The van der Waals surface area contributed by atoms with Gasteiger partial charge in [-0.2, -0.15) is 0 Å². The van der Waals surface area contributed by atoms with Crippen LogP contribution in [0.4, 0.5) is 5.69 Å². The van der Waals surface area contributed by atoms with Gasteiger partial charge in [-0.1, -0.05) is 5.21 Å². The SMILES string of the molecule is NC(=O)c1ccc(NC(=O)Cn2cc(CCO)nn2)cc1. The Morgan fingerprint density at radius 1 is 1.29 bits per heavy atom. The highest BCUT2D eigenvalue weighted by Gasteiger charge is 2.07. The molecule has 2 aromatic rings. The van der Waals surface area contributed by atoms with Gasteiger partial charge < -0.3 is 16.2 Å². The molecule has 2 amide bonds. The largest absolute Gasteiger partial charge is 0.396 e. The normalized spacial score (nSPS) is 10.3. The van der Waals surface area contributed by atoms with E-state index in [0.29, 0.717) is 23.4 Å². The van der Waals surface area contributed by atoms with Crippen molar-refractivity contribution in [3.63, 3.8) is 0 Å². The number of hydrogen-bond donors (Lipinski definition) is 3. The van der Waals surface area contributed by atoms with Crippen molar-refractivity contribution >= 4 is 17.5 Å². The molecule has 0 saturated carbocycles. The molecule has 0 spiro atoms. The van der Waals surface area contributed by atoms with Crippen molar-refractivity contribution in [2.45, 2.75) is 13.0 Å². The topological polar surface area (TPSA) is 123 Å². The molecule has 0 bridgehead atoms.